The van der Waals surface area contributed by atoms with E-state index in [1.54, 1.807) is 11.8 Å². The molecule has 0 amide bonds. The molecular weight excluding hydrogens is 234 g/mol. The number of hydrogen-bond acceptors (Lipinski definition) is 2. The third kappa shape index (κ3) is 6.10. The fraction of sp³-hybridized carbons (Fsp3) is 0.900. The number of rotatable bonds is 5. The Morgan fingerprint density at radius 2 is 2.00 bits per heavy atom. The third-order valence-electron chi connectivity index (χ3n) is 2.36. The molecule has 4 heteroatoms. The summed E-state index contributed by atoms with van der Waals surface area (Å²) in [6.45, 7) is 9.35. The largest absolute Gasteiger partial charge is 0.369 e. The zero-order valence-electron chi connectivity index (χ0n) is 9.39. The Bertz CT molecular complexity index is 179. The number of thioether (sulfide) groups is 1. The summed E-state index contributed by atoms with van der Waals surface area (Å²) >= 11 is 12.8. The predicted octanol–water partition coefficient (Wildman–Crippen LogP) is 3.80. The van der Waals surface area contributed by atoms with Crippen molar-refractivity contribution in [3.05, 3.63) is 0 Å². The quantitative estimate of drug-likeness (QED) is 0.591. The standard InChI is InChI=1S/C10H20ClNS2/c1-5-10(4,6-2)14-9(13)12-7-8(3)11/h8H,5-7H2,1-4H3,(H,12,13). The molecule has 1 unspecified atom stereocenters. The van der Waals surface area contributed by atoms with Crippen molar-refractivity contribution in [1.29, 1.82) is 0 Å². The monoisotopic (exact) mass is 253 g/mol. The Morgan fingerprint density at radius 1 is 1.50 bits per heavy atom. The zero-order chi connectivity index (χ0) is 11.2. The fourth-order valence-electron chi connectivity index (χ4n) is 0.878. The molecule has 0 bridgehead atoms. The van der Waals surface area contributed by atoms with E-state index in [1.165, 1.54) is 0 Å². The van der Waals surface area contributed by atoms with Crippen LogP contribution in [0.25, 0.3) is 0 Å². The fourth-order valence-corrected chi connectivity index (χ4v) is 2.53. The van der Waals surface area contributed by atoms with E-state index in [1.807, 2.05) is 6.92 Å². The Kier molecular flexibility index (Phi) is 7.17. The van der Waals surface area contributed by atoms with Gasteiger partial charge in [0.2, 0.25) is 0 Å². The van der Waals surface area contributed by atoms with Crippen molar-refractivity contribution in [1.82, 2.24) is 5.32 Å². The molecule has 0 saturated carbocycles. The maximum absolute atomic E-state index is 5.83. The van der Waals surface area contributed by atoms with Gasteiger partial charge in [-0.05, 0) is 19.8 Å². The molecule has 0 fully saturated rings. The van der Waals surface area contributed by atoms with Crippen molar-refractivity contribution in [2.75, 3.05) is 6.54 Å². The highest BCUT2D eigenvalue weighted by Gasteiger charge is 2.22. The first-order chi connectivity index (χ1) is 6.43. The summed E-state index contributed by atoms with van der Waals surface area (Å²) in [6, 6.07) is 0. The molecule has 1 atom stereocenters. The van der Waals surface area contributed by atoms with E-state index < -0.39 is 0 Å². The molecule has 0 rings (SSSR count). The maximum Gasteiger partial charge on any atom is 0.134 e. The van der Waals surface area contributed by atoms with E-state index in [2.05, 4.69) is 26.1 Å². The molecule has 0 aromatic carbocycles. The lowest BCUT2D eigenvalue weighted by Crippen LogP contribution is -2.29. The van der Waals surface area contributed by atoms with Gasteiger partial charge in [0, 0.05) is 16.7 Å². The van der Waals surface area contributed by atoms with Gasteiger partial charge < -0.3 is 5.32 Å². The van der Waals surface area contributed by atoms with Gasteiger partial charge in [0.05, 0.1) is 0 Å². The minimum Gasteiger partial charge on any atom is -0.369 e. The SMILES string of the molecule is CCC(C)(CC)SC(=S)NCC(C)Cl. The molecule has 0 aromatic rings. The minimum absolute atomic E-state index is 0.128. The van der Waals surface area contributed by atoms with Crippen molar-refractivity contribution in [3.8, 4) is 0 Å². The van der Waals surface area contributed by atoms with Gasteiger partial charge in [-0.1, -0.05) is 44.8 Å². The van der Waals surface area contributed by atoms with Crippen LogP contribution >= 0.6 is 35.6 Å². The van der Waals surface area contributed by atoms with Crippen LogP contribution in [0.5, 0.6) is 0 Å². The average Bonchev–Trinajstić information content (AvgIpc) is 2.14. The highest BCUT2D eigenvalue weighted by molar-refractivity contribution is 8.23. The van der Waals surface area contributed by atoms with Crippen LogP contribution in [0.2, 0.25) is 0 Å². The summed E-state index contributed by atoms with van der Waals surface area (Å²) in [7, 11) is 0. The topological polar surface area (TPSA) is 12.0 Å². The van der Waals surface area contributed by atoms with E-state index in [9.17, 15) is 0 Å². The van der Waals surface area contributed by atoms with E-state index in [4.69, 9.17) is 23.8 Å². The van der Waals surface area contributed by atoms with E-state index in [-0.39, 0.29) is 10.1 Å². The van der Waals surface area contributed by atoms with Crippen molar-refractivity contribution < 1.29 is 0 Å². The summed E-state index contributed by atoms with van der Waals surface area (Å²) in [5, 5.41) is 3.30. The highest BCUT2D eigenvalue weighted by atomic mass is 35.5. The molecule has 1 N–H and O–H groups in total. The predicted molar refractivity (Wildman–Crippen MR) is 72.5 cm³/mol. The van der Waals surface area contributed by atoms with Crippen molar-refractivity contribution in [2.45, 2.75) is 50.7 Å². The van der Waals surface area contributed by atoms with Crippen LogP contribution in [-0.2, 0) is 0 Å². The molecule has 1 nitrogen and oxygen atoms in total. The lowest BCUT2D eigenvalue weighted by molar-refractivity contribution is 0.603. The van der Waals surface area contributed by atoms with Gasteiger partial charge in [-0.3, -0.25) is 0 Å². The van der Waals surface area contributed by atoms with Gasteiger partial charge >= 0.3 is 0 Å². The van der Waals surface area contributed by atoms with Gasteiger partial charge in [0.15, 0.2) is 0 Å². The number of nitrogens with one attached hydrogen (secondary N) is 1. The summed E-state index contributed by atoms with van der Waals surface area (Å²) in [5.74, 6) is 0. The van der Waals surface area contributed by atoms with E-state index in [0.29, 0.717) is 0 Å². The smallest absolute Gasteiger partial charge is 0.134 e. The van der Waals surface area contributed by atoms with Crippen LogP contribution in [0.3, 0.4) is 0 Å². The van der Waals surface area contributed by atoms with Gasteiger partial charge in [-0.25, -0.2) is 0 Å². The average molecular weight is 254 g/mol. The van der Waals surface area contributed by atoms with Gasteiger partial charge in [-0.2, -0.15) is 0 Å². The van der Waals surface area contributed by atoms with Crippen LogP contribution in [0.1, 0.15) is 40.5 Å². The first kappa shape index (κ1) is 14.5. The van der Waals surface area contributed by atoms with Crippen LogP contribution in [0.4, 0.5) is 0 Å². The lowest BCUT2D eigenvalue weighted by Gasteiger charge is -2.26. The number of hydrogen-bond donors (Lipinski definition) is 1. The zero-order valence-corrected chi connectivity index (χ0v) is 11.8. The number of halogens is 1. The number of alkyl halides is 1. The highest BCUT2D eigenvalue weighted by Crippen LogP contribution is 2.32. The lowest BCUT2D eigenvalue weighted by atomic mass is 10.1. The third-order valence-corrected chi connectivity index (χ3v) is 4.31. The molecule has 0 aliphatic rings. The molecular formula is C10H20ClNS2. The Morgan fingerprint density at radius 3 is 2.36 bits per heavy atom. The van der Waals surface area contributed by atoms with Gasteiger partial charge in [0.25, 0.3) is 0 Å². The van der Waals surface area contributed by atoms with E-state index >= 15 is 0 Å². The molecule has 84 valence electrons. The first-order valence-corrected chi connectivity index (χ1v) is 6.70. The van der Waals surface area contributed by atoms with Gasteiger partial charge in [-0.15, -0.1) is 11.6 Å². The second kappa shape index (κ2) is 6.91. The van der Waals surface area contributed by atoms with Crippen molar-refractivity contribution in [3.63, 3.8) is 0 Å². The summed E-state index contributed by atoms with van der Waals surface area (Å²) in [6.07, 6.45) is 2.26. The molecule has 14 heavy (non-hydrogen) atoms. The summed E-state index contributed by atoms with van der Waals surface area (Å²) in [5.41, 5.74) is 0. The Balaban J connectivity index is 3.92. The number of thiocarbonyl (C=S) groups is 1. The van der Waals surface area contributed by atoms with Crippen molar-refractivity contribution in [2.24, 2.45) is 0 Å². The Hall–Kier alpha value is 0.530. The van der Waals surface area contributed by atoms with Crippen LogP contribution in [0, 0.1) is 0 Å². The molecule has 0 aliphatic carbocycles. The summed E-state index contributed by atoms with van der Waals surface area (Å²) in [4.78, 5) is 0. The maximum atomic E-state index is 5.83. The van der Waals surface area contributed by atoms with E-state index in [0.717, 1.165) is 23.7 Å². The van der Waals surface area contributed by atoms with Crippen LogP contribution < -0.4 is 5.32 Å². The molecule has 0 saturated heterocycles. The minimum atomic E-state index is 0.128. The Labute approximate surface area is 102 Å². The first-order valence-electron chi connectivity index (χ1n) is 5.04. The molecule has 0 radical (unpaired) electrons. The molecule has 0 aliphatic heterocycles. The molecule has 0 aromatic heterocycles. The molecule has 0 heterocycles. The normalized spacial score (nSPS) is 13.8. The van der Waals surface area contributed by atoms with Crippen LogP contribution in [0.15, 0.2) is 0 Å². The van der Waals surface area contributed by atoms with Crippen LogP contribution in [-0.4, -0.2) is 21.0 Å². The van der Waals surface area contributed by atoms with Crippen molar-refractivity contribution >= 4 is 39.9 Å². The summed E-state index contributed by atoms with van der Waals surface area (Å²) < 4.78 is 1.13. The second-order valence-electron chi connectivity index (χ2n) is 3.71. The second-order valence-corrected chi connectivity index (χ2v) is 6.72. The van der Waals surface area contributed by atoms with Gasteiger partial charge in [0.1, 0.15) is 4.32 Å². The molecule has 0 spiro atoms.